The molecule has 7 nitrogen and oxygen atoms in total. The molecule has 1 aliphatic carbocycles. The molecular formula is C11H12N4O3S. The van der Waals surface area contributed by atoms with Crippen molar-refractivity contribution in [2.45, 2.75) is 31.6 Å². The van der Waals surface area contributed by atoms with Gasteiger partial charge in [-0.15, -0.1) is 10.2 Å². The Morgan fingerprint density at radius 1 is 1.26 bits per heavy atom. The molecule has 1 aromatic rings. The summed E-state index contributed by atoms with van der Waals surface area (Å²) >= 11 is 1.35. The zero-order valence-corrected chi connectivity index (χ0v) is 10.9. The highest BCUT2D eigenvalue weighted by molar-refractivity contribution is 7.15. The third-order valence-corrected chi connectivity index (χ3v) is 4.07. The van der Waals surface area contributed by atoms with Crippen LogP contribution in [0.2, 0.25) is 0 Å². The van der Waals surface area contributed by atoms with E-state index in [0.717, 1.165) is 22.7 Å². The minimum absolute atomic E-state index is 0.191. The van der Waals surface area contributed by atoms with Crippen LogP contribution >= 0.6 is 11.3 Å². The summed E-state index contributed by atoms with van der Waals surface area (Å²) in [5.74, 6) is -0.515. The molecule has 2 heterocycles. The lowest BCUT2D eigenvalue weighted by atomic mass is 10.4. The zero-order chi connectivity index (χ0) is 13.4. The van der Waals surface area contributed by atoms with Gasteiger partial charge in [0, 0.05) is 18.8 Å². The number of anilines is 1. The first-order valence-corrected chi connectivity index (χ1v) is 6.91. The highest BCUT2D eigenvalue weighted by Gasteiger charge is 2.31. The van der Waals surface area contributed by atoms with E-state index in [1.165, 1.54) is 11.3 Å². The number of aromatic nitrogens is 2. The molecular weight excluding hydrogens is 268 g/mol. The maximum absolute atomic E-state index is 11.7. The van der Waals surface area contributed by atoms with Crippen LogP contribution in [-0.2, 0) is 14.4 Å². The highest BCUT2D eigenvalue weighted by atomic mass is 32.1. The molecule has 1 saturated carbocycles. The first kappa shape index (κ1) is 12.2. The van der Waals surface area contributed by atoms with Crippen LogP contribution in [-0.4, -0.2) is 39.4 Å². The Kier molecular flexibility index (Phi) is 3.02. The van der Waals surface area contributed by atoms with Gasteiger partial charge in [-0.2, -0.15) is 0 Å². The number of rotatable bonds is 4. The predicted octanol–water partition coefficient (Wildman–Crippen LogP) is 0.503. The van der Waals surface area contributed by atoms with Crippen LogP contribution in [0.3, 0.4) is 0 Å². The van der Waals surface area contributed by atoms with E-state index in [1.54, 1.807) is 0 Å². The van der Waals surface area contributed by atoms with Crippen LogP contribution in [0.15, 0.2) is 0 Å². The summed E-state index contributed by atoms with van der Waals surface area (Å²) in [7, 11) is 0. The molecule has 2 fully saturated rings. The summed E-state index contributed by atoms with van der Waals surface area (Å²) in [6.07, 6.45) is 2.63. The number of amides is 3. The quantitative estimate of drug-likeness (QED) is 0.811. The Morgan fingerprint density at radius 2 is 1.95 bits per heavy atom. The van der Waals surface area contributed by atoms with Gasteiger partial charge in [-0.3, -0.25) is 24.6 Å². The maximum Gasteiger partial charge on any atom is 0.246 e. The minimum Gasteiger partial charge on any atom is -0.299 e. The van der Waals surface area contributed by atoms with Crippen molar-refractivity contribution < 1.29 is 14.4 Å². The van der Waals surface area contributed by atoms with Crippen LogP contribution in [0.5, 0.6) is 0 Å². The fourth-order valence-electron chi connectivity index (χ4n) is 1.88. The first-order chi connectivity index (χ1) is 9.13. The van der Waals surface area contributed by atoms with E-state index < -0.39 is 5.91 Å². The SMILES string of the molecule is O=C(CN1C(=O)CCC1=O)Nc1nnc(C2CC2)s1. The Balaban J connectivity index is 1.58. The molecule has 100 valence electrons. The maximum atomic E-state index is 11.7. The van der Waals surface area contributed by atoms with E-state index >= 15 is 0 Å². The van der Waals surface area contributed by atoms with Crippen molar-refractivity contribution in [3.8, 4) is 0 Å². The molecule has 1 saturated heterocycles. The van der Waals surface area contributed by atoms with E-state index in [4.69, 9.17) is 0 Å². The average Bonchev–Trinajstić information content (AvgIpc) is 3.06. The standard InChI is InChI=1S/C11H12N4O3S/c16-7(5-15-8(17)3-4-9(15)18)12-11-14-13-10(19-11)6-1-2-6/h6H,1-5H2,(H,12,14,16). The number of nitrogens with one attached hydrogen (secondary N) is 1. The lowest BCUT2D eigenvalue weighted by Gasteiger charge is -2.11. The van der Waals surface area contributed by atoms with Gasteiger partial charge in [-0.1, -0.05) is 11.3 Å². The number of likely N-dealkylation sites (tertiary alicyclic amines) is 1. The molecule has 3 amide bonds. The normalized spacial score (nSPS) is 19.1. The van der Waals surface area contributed by atoms with E-state index in [9.17, 15) is 14.4 Å². The van der Waals surface area contributed by atoms with Gasteiger partial charge in [0.15, 0.2) is 0 Å². The lowest BCUT2D eigenvalue weighted by Crippen LogP contribution is -2.36. The Hall–Kier alpha value is -1.83. The largest absolute Gasteiger partial charge is 0.299 e. The third kappa shape index (κ3) is 2.62. The molecule has 8 heteroatoms. The van der Waals surface area contributed by atoms with Crippen molar-refractivity contribution in [1.82, 2.24) is 15.1 Å². The van der Waals surface area contributed by atoms with Gasteiger partial charge in [0.2, 0.25) is 22.9 Å². The van der Waals surface area contributed by atoms with Crippen LogP contribution in [0.4, 0.5) is 5.13 Å². The molecule has 3 rings (SSSR count). The average molecular weight is 280 g/mol. The molecule has 0 spiro atoms. The number of hydrogen-bond acceptors (Lipinski definition) is 6. The van der Waals surface area contributed by atoms with Gasteiger partial charge in [0.25, 0.3) is 0 Å². The highest BCUT2D eigenvalue weighted by Crippen LogP contribution is 2.41. The predicted molar refractivity (Wildman–Crippen MR) is 66.5 cm³/mol. The second-order valence-electron chi connectivity index (χ2n) is 4.64. The Morgan fingerprint density at radius 3 is 2.58 bits per heavy atom. The van der Waals surface area contributed by atoms with Crippen molar-refractivity contribution in [3.63, 3.8) is 0 Å². The summed E-state index contributed by atoms with van der Waals surface area (Å²) < 4.78 is 0. The summed E-state index contributed by atoms with van der Waals surface area (Å²) in [4.78, 5) is 35.5. The summed E-state index contributed by atoms with van der Waals surface area (Å²) in [6, 6.07) is 0. The first-order valence-electron chi connectivity index (χ1n) is 6.10. The molecule has 0 atom stereocenters. The van der Waals surface area contributed by atoms with Crippen LogP contribution in [0.25, 0.3) is 0 Å². The smallest absolute Gasteiger partial charge is 0.246 e. The van der Waals surface area contributed by atoms with Gasteiger partial charge in [0.05, 0.1) is 0 Å². The lowest BCUT2D eigenvalue weighted by molar-refractivity contribution is -0.141. The minimum atomic E-state index is -0.415. The van der Waals surface area contributed by atoms with Gasteiger partial charge in [-0.25, -0.2) is 0 Å². The number of imide groups is 1. The monoisotopic (exact) mass is 280 g/mol. The van der Waals surface area contributed by atoms with E-state index in [2.05, 4.69) is 15.5 Å². The topological polar surface area (TPSA) is 92.3 Å². The van der Waals surface area contributed by atoms with Crippen molar-refractivity contribution in [2.24, 2.45) is 0 Å². The number of nitrogens with zero attached hydrogens (tertiary/aromatic N) is 3. The van der Waals surface area contributed by atoms with E-state index in [0.29, 0.717) is 11.0 Å². The van der Waals surface area contributed by atoms with Crippen LogP contribution in [0, 0.1) is 0 Å². The second-order valence-corrected chi connectivity index (χ2v) is 5.65. The number of carbonyl (C=O) groups is 3. The number of carbonyl (C=O) groups excluding carboxylic acids is 3. The molecule has 0 aromatic carbocycles. The van der Waals surface area contributed by atoms with E-state index in [-0.39, 0.29) is 31.2 Å². The molecule has 2 aliphatic rings. The number of hydrogen-bond donors (Lipinski definition) is 1. The van der Waals surface area contributed by atoms with E-state index in [1.807, 2.05) is 0 Å². The molecule has 1 aromatic heterocycles. The second kappa shape index (κ2) is 4.69. The molecule has 0 bridgehead atoms. The Bertz CT molecular complexity index is 536. The van der Waals surface area contributed by atoms with Crippen LogP contribution in [0.1, 0.15) is 36.6 Å². The van der Waals surface area contributed by atoms with Gasteiger partial charge >= 0.3 is 0 Å². The summed E-state index contributed by atoms with van der Waals surface area (Å²) in [5, 5.41) is 11.8. The fraction of sp³-hybridized carbons (Fsp3) is 0.545. The molecule has 0 unspecified atom stereocenters. The third-order valence-electron chi connectivity index (χ3n) is 3.07. The van der Waals surface area contributed by atoms with Gasteiger partial charge in [-0.05, 0) is 12.8 Å². The molecule has 1 aliphatic heterocycles. The molecule has 1 N–H and O–H groups in total. The Labute approximate surface area is 113 Å². The van der Waals surface area contributed by atoms with Crippen molar-refractivity contribution >= 4 is 34.2 Å². The van der Waals surface area contributed by atoms with Crippen molar-refractivity contribution in [2.75, 3.05) is 11.9 Å². The summed E-state index contributed by atoms with van der Waals surface area (Å²) in [6.45, 7) is -0.240. The molecule has 19 heavy (non-hydrogen) atoms. The zero-order valence-electron chi connectivity index (χ0n) is 10.1. The fourth-order valence-corrected chi connectivity index (χ4v) is 2.81. The summed E-state index contributed by atoms with van der Waals surface area (Å²) in [5.41, 5.74) is 0. The van der Waals surface area contributed by atoms with Gasteiger partial charge < -0.3 is 0 Å². The van der Waals surface area contributed by atoms with Crippen molar-refractivity contribution in [3.05, 3.63) is 5.01 Å². The molecule has 0 radical (unpaired) electrons. The van der Waals surface area contributed by atoms with Gasteiger partial charge in [0.1, 0.15) is 11.6 Å². The van der Waals surface area contributed by atoms with Crippen LogP contribution < -0.4 is 5.32 Å². The van der Waals surface area contributed by atoms with Crippen molar-refractivity contribution in [1.29, 1.82) is 0 Å².